The van der Waals surface area contributed by atoms with Gasteiger partial charge in [0.2, 0.25) is 0 Å². The van der Waals surface area contributed by atoms with Crippen LogP contribution in [0.3, 0.4) is 0 Å². The molecule has 1 heterocycles. The number of thioether (sulfide) groups is 1. The molecule has 2 rings (SSSR count). The van der Waals surface area contributed by atoms with Gasteiger partial charge in [0.1, 0.15) is 11.5 Å². The first-order valence-electron chi connectivity index (χ1n) is 6.91. The molecule has 4 nitrogen and oxygen atoms in total. The molecule has 0 radical (unpaired) electrons. The fraction of sp³-hybridized carbons (Fsp3) is 0.600. The van der Waals surface area contributed by atoms with Crippen LogP contribution in [0.1, 0.15) is 24.4 Å². The molecule has 2 unspecified atom stereocenters. The SMILES string of the molecule is COc1ccc(C(N)CSCC2CCCO2)c(OC)c1. The Balaban J connectivity index is 1.88. The van der Waals surface area contributed by atoms with E-state index in [1.807, 2.05) is 30.0 Å². The van der Waals surface area contributed by atoms with Gasteiger partial charge < -0.3 is 19.9 Å². The molecule has 2 atom stereocenters. The van der Waals surface area contributed by atoms with Crippen LogP contribution in [-0.4, -0.2) is 38.4 Å². The highest BCUT2D eigenvalue weighted by Crippen LogP contribution is 2.30. The lowest BCUT2D eigenvalue weighted by Gasteiger charge is -2.17. The Hall–Kier alpha value is -0.910. The summed E-state index contributed by atoms with van der Waals surface area (Å²) in [6.07, 6.45) is 2.77. The first-order valence-corrected chi connectivity index (χ1v) is 8.07. The Morgan fingerprint density at radius 3 is 2.90 bits per heavy atom. The summed E-state index contributed by atoms with van der Waals surface area (Å²) in [5.41, 5.74) is 7.29. The standard InChI is InChI=1S/C15H23NO3S/c1-17-11-5-6-13(15(8-11)18-2)14(16)10-20-9-12-4-3-7-19-12/h5-6,8,12,14H,3-4,7,9-10,16H2,1-2H3. The van der Waals surface area contributed by atoms with Crippen molar-refractivity contribution < 1.29 is 14.2 Å². The number of methoxy groups -OCH3 is 2. The van der Waals surface area contributed by atoms with Crippen LogP contribution in [0.4, 0.5) is 0 Å². The minimum atomic E-state index is -0.0396. The number of hydrogen-bond acceptors (Lipinski definition) is 5. The van der Waals surface area contributed by atoms with Crippen LogP contribution >= 0.6 is 11.8 Å². The molecule has 1 aliphatic heterocycles. The topological polar surface area (TPSA) is 53.7 Å². The molecule has 20 heavy (non-hydrogen) atoms. The third-order valence-electron chi connectivity index (χ3n) is 3.47. The largest absolute Gasteiger partial charge is 0.497 e. The molecule has 1 fully saturated rings. The summed E-state index contributed by atoms with van der Waals surface area (Å²) in [5.74, 6) is 3.45. The summed E-state index contributed by atoms with van der Waals surface area (Å²) in [6.45, 7) is 0.906. The van der Waals surface area contributed by atoms with Crippen molar-refractivity contribution in [3.05, 3.63) is 23.8 Å². The molecule has 0 spiro atoms. The average Bonchev–Trinajstić information content (AvgIpc) is 2.99. The van der Waals surface area contributed by atoms with Crippen molar-refractivity contribution in [1.82, 2.24) is 0 Å². The normalized spacial score (nSPS) is 19.9. The lowest BCUT2D eigenvalue weighted by Crippen LogP contribution is -2.16. The molecule has 0 saturated carbocycles. The van der Waals surface area contributed by atoms with E-state index >= 15 is 0 Å². The Labute approximate surface area is 125 Å². The summed E-state index contributed by atoms with van der Waals surface area (Å²) < 4.78 is 16.2. The van der Waals surface area contributed by atoms with Crippen LogP contribution in [0.2, 0.25) is 0 Å². The maximum absolute atomic E-state index is 6.27. The molecule has 0 amide bonds. The van der Waals surface area contributed by atoms with Crippen molar-refractivity contribution in [2.24, 2.45) is 5.73 Å². The second kappa shape index (κ2) is 7.76. The van der Waals surface area contributed by atoms with Gasteiger partial charge in [0.25, 0.3) is 0 Å². The van der Waals surface area contributed by atoms with E-state index in [1.165, 1.54) is 12.8 Å². The summed E-state index contributed by atoms with van der Waals surface area (Å²) in [4.78, 5) is 0. The molecule has 5 heteroatoms. The number of benzene rings is 1. The van der Waals surface area contributed by atoms with Crippen molar-refractivity contribution in [2.45, 2.75) is 25.0 Å². The summed E-state index contributed by atoms with van der Waals surface area (Å²) >= 11 is 1.85. The van der Waals surface area contributed by atoms with Crippen molar-refractivity contribution in [3.63, 3.8) is 0 Å². The van der Waals surface area contributed by atoms with Crippen molar-refractivity contribution in [2.75, 3.05) is 32.3 Å². The molecule has 1 aromatic rings. The fourth-order valence-electron chi connectivity index (χ4n) is 2.32. The smallest absolute Gasteiger partial charge is 0.127 e. The zero-order valence-corrected chi connectivity index (χ0v) is 12.9. The number of hydrogen-bond donors (Lipinski definition) is 1. The Morgan fingerprint density at radius 2 is 2.25 bits per heavy atom. The monoisotopic (exact) mass is 297 g/mol. The minimum absolute atomic E-state index is 0.0396. The fourth-order valence-corrected chi connectivity index (χ4v) is 3.41. The molecule has 1 aromatic carbocycles. The van der Waals surface area contributed by atoms with E-state index in [0.29, 0.717) is 6.10 Å². The van der Waals surface area contributed by atoms with Gasteiger partial charge in [0.15, 0.2) is 0 Å². The number of ether oxygens (including phenoxy) is 3. The Kier molecular flexibility index (Phi) is 6.01. The van der Waals surface area contributed by atoms with Gasteiger partial charge in [-0.25, -0.2) is 0 Å². The van der Waals surface area contributed by atoms with Crippen LogP contribution in [-0.2, 0) is 4.74 Å². The van der Waals surface area contributed by atoms with E-state index in [0.717, 1.165) is 35.2 Å². The predicted molar refractivity (Wildman–Crippen MR) is 82.8 cm³/mol. The molecular formula is C15H23NO3S. The number of nitrogens with two attached hydrogens (primary N) is 1. The van der Waals surface area contributed by atoms with Gasteiger partial charge in [-0.15, -0.1) is 0 Å². The zero-order valence-electron chi connectivity index (χ0n) is 12.1. The quantitative estimate of drug-likeness (QED) is 0.838. The second-order valence-corrected chi connectivity index (χ2v) is 5.96. The highest BCUT2D eigenvalue weighted by molar-refractivity contribution is 7.99. The van der Waals surface area contributed by atoms with E-state index in [2.05, 4.69) is 0 Å². The van der Waals surface area contributed by atoms with Crippen molar-refractivity contribution in [1.29, 1.82) is 0 Å². The third-order valence-corrected chi connectivity index (χ3v) is 4.67. The summed E-state index contributed by atoms with van der Waals surface area (Å²) in [5, 5.41) is 0. The number of rotatable bonds is 7. The van der Waals surface area contributed by atoms with Gasteiger partial charge in [-0.1, -0.05) is 6.07 Å². The second-order valence-electron chi connectivity index (χ2n) is 4.89. The van der Waals surface area contributed by atoms with Gasteiger partial charge in [-0.2, -0.15) is 11.8 Å². The van der Waals surface area contributed by atoms with E-state index in [4.69, 9.17) is 19.9 Å². The van der Waals surface area contributed by atoms with E-state index < -0.39 is 0 Å². The molecule has 0 bridgehead atoms. The molecule has 0 aliphatic carbocycles. The maximum atomic E-state index is 6.27. The van der Waals surface area contributed by atoms with Crippen LogP contribution in [0.5, 0.6) is 11.5 Å². The van der Waals surface area contributed by atoms with Gasteiger partial charge in [0, 0.05) is 35.8 Å². The van der Waals surface area contributed by atoms with Gasteiger partial charge >= 0.3 is 0 Å². The lowest BCUT2D eigenvalue weighted by atomic mass is 10.1. The molecule has 1 saturated heterocycles. The van der Waals surface area contributed by atoms with Crippen molar-refractivity contribution >= 4 is 11.8 Å². The predicted octanol–water partition coefficient (Wildman–Crippen LogP) is 2.62. The highest BCUT2D eigenvalue weighted by Gasteiger charge is 2.17. The van der Waals surface area contributed by atoms with Gasteiger partial charge in [0.05, 0.1) is 20.3 Å². The maximum Gasteiger partial charge on any atom is 0.127 e. The van der Waals surface area contributed by atoms with E-state index in [9.17, 15) is 0 Å². The Morgan fingerprint density at radius 1 is 1.40 bits per heavy atom. The van der Waals surface area contributed by atoms with Crippen molar-refractivity contribution in [3.8, 4) is 11.5 Å². The molecule has 2 N–H and O–H groups in total. The van der Waals surface area contributed by atoms with E-state index in [-0.39, 0.29) is 6.04 Å². The molecule has 1 aliphatic rings. The lowest BCUT2D eigenvalue weighted by molar-refractivity contribution is 0.129. The first-order chi connectivity index (χ1) is 9.74. The molecule has 112 valence electrons. The average molecular weight is 297 g/mol. The van der Waals surface area contributed by atoms with Crippen LogP contribution in [0.25, 0.3) is 0 Å². The van der Waals surface area contributed by atoms with Crippen LogP contribution < -0.4 is 15.2 Å². The summed E-state index contributed by atoms with van der Waals surface area (Å²) in [7, 11) is 3.30. The Bertz CT molecular complexity index is 422. The summed E-state index contributed by atoms with van der Waals surface area (Å²) in [6, 6.07) is 5.74. The first kappa shape index (κ1) is 15.5. The van der Waals surface area contributed by atoms with Crippen LogP contribution in [0, 0.1) is 0 Å². The minimum Gasteiger partial charge on any atom is -0.497 e. The van der Waals surface area contributed by atoms with E-state index in [1.54, 1.807) is 14.2 Å². The van der Waals surface area contributed by atoms with Gasteiger partial charge in [-0.05, 0) is 18.9 Å². The molecular weight excluding hydrogens is 274 g/mol. The molecule has 0 aromatic heterocycles. The zero-order chi connectivity index (χ0) is 14.4. The highest BCUT2D eigenvalue weighted by atomic mass is 32.2. The van der Waals surface area contributed by atoms with Crippen LogP contribution in [0.15, 0.2) is 18.2 Å². The van der Waals surface area contributed by atoms with Gasteiger partial charge in [-0.3, -0.25) is 0 Å². The third kappa shape index (κ3) is 4.04.